The molecule has 4 heteroatoms. The number of aromatic nitrogens is 3. The Morgan fingerprint density at radius 2 is 1.58 bits per heavy atom. The van der Waals surface area contributed by atoms with Crippen molar-refractivity contribution in [3.8, 4) is 5.69 Å². The van der Waals surface area contributed by atoms with Crippen LogP contribution < -0.4 is 0 Å². The van der Waals surface area contributed by atoms with Gasteiger partial charge < -0.3 is 9.55 Å². The fourth-order valence-electron chi connectivity index (χ4n) is 4.25. The molecule has 0 saturated heterocycles. The number of imidazole rings is 1. The number of carbonyl (C=O) groups excluding carboxylic acids is 1. The molecule has 4 nitrogen and oxygen atoms in total. The number of fused-ring (bicyclic) bond motifs is 1. The van der Waals surface area contributed by atoms with Crippen LogP contribution in [0.5, 0.6) is 0 Å². The van der Waals surface area contributed by atoms with Gasteiger partial charge in [0.1, 0.15) is 5.82 Å². The Morgan fingerprint density at radius 1 is 0.879 bits per heavy atom. The third-order valence-corrected chi connectivity index (χ3v) is 5.99. The molecule has 0 amide bonds. The number of aryl methyl sites for hydroxylation is 2. The quantitative estimate of drug-likeness (QED) is 0.249. The fourth-order valence-corrected chi connectivity index (χ4v) is 4.25. The summed E-state index contributed by atoms with van der Waals surface area (Å²) in [6, 6.07) is 27.8. The van der Waals surface area contributed by atoms with Crippen molar-refractivity contribution in [2.45, 2.75) is 20.8 Å². The molecular formula is C29H25N3O. The molecule has 0 radical (unpaired) electrons. The summed E-state index contributed by atoms with van der Waals surface area (Å²) in [5.74, 6) is 0.514. The van der Waals surface area contributed by atoms with Crippen molar-refractivity contribution in [3.63, 3.8) is 0 Å². The number of nitrogens with one attached hydrogen (secondary N) is 1. The van der Waals surface area contributed by atoms with Crippen LogP contribution in [0.25, 0.3) is 28.4 Å². The van der Waals surface area contributed by atoms with Crippen LogP contribution in [0.1, 0.15) is 38.7 Å². The van der Waals surface area contributed by atoms with Gasteiger partial charge in [0.15, 0.2) is 5.78 Å². The third kappa shape index (κ3) is 3.92. The molecule has 33 heavy (non-hydrogen) atoms. The smallest absolute Gasteiger partial charge is 0.196 e. The van der Waals surface area contributed by atoms with Gasteiger partial charge in [0, 0.05) is 22.6 Å². The summed E-state index contributed by atoms with van der Waals surface area (Å²) < 4.78 is 2.22. The Balaban J connectivity index is 1.67. The maximum absolute atomic E-state index is 13.6. The van der Waals surface area contributed by atoms with E-state index >= 15 is 0 Å². The average Bonchev–Trinajstić information content (AvgIpc) is 3.38. The van der Waals surface area contributed by atoms with E-state index in [0.29, 0.717) is 17.0 Å². The maximum atomic E-state index is 13.6. The molecule has 0 unspecified atom stereocenters. The van der Waals surface area contributed by atoms with Gasteiger partial charge in [-0.2, -0.15) is 0 Å². The number of benzene rings is 3. The zero-order chi connectivity index (χ0) is 22.9. The maximum Gasteiger partial charge on any atom is 0.196 e. The summed E-state index contributed by atoms with van der Waals surface area (Å²) in [6.07, 6.45) is 1.96. The minimum Gasteiger partial charge on any atom is -0.338 e. The second kappa shape index (κ2) is 8.40. The number of rotatable bonds is 5. The second-order valence-corrected chi connectivity index (χ2v) is 8.35. The van der Waals surface area contributed by atoms with E-state index < -0.39 is 0 Å². The van der Waals surface area contributed by atoms with E-state index in [1.54, 1.807) is 0 Å². The molecule has 1 N–H and O–H groups in total. The molecule has 0 spiro atoms. The molecule has 5 aromatic rings. The lowest BCUT2D eigenvalue weighted by Crippen LogP contribution is -2.04. The van der Waals surface area contributed by atoms with E-state index in [9.17, 15) is 4.79 Å². The Bertz CT molecular complexity index is 1450. The van der Waals surface area contributed by atoms with Crippen LogP contribution in [0.3, 0.4) is 0 Å². The van der Waals surface area contributed by atoms with Crippen molar-refractivity contribution in [2.24, 2.45) is 0 Å². The van der Waals surface area contributed by atoms with Gasteiger partial charge >= 0.3 is 0 Å². The Hall–Kier alpha value is -4.18. The first kappa shape index (κ1) is 20.7. The van der Waals surface area contributed by atoms with Gasteiger partial charge in [-0.15, -0.1) is 0 Å². The van der Waals surface area contributed by atoms with Crippen LogP contribution in [-0.4, -0.2) is 20.3 Å². The van der Waals surface area contributed by atoms with E-state index in [1.165, 1.54) is 5.56 Å². The van der Waals surface area contributed by atoms with Gasteiger partial charge in [-0.3, -0.25) is 4.79 Å². The molecular weight excluding hydrogens is 406 g/mol. The zero-order valence-corrected chi connectivity index (χ0v) is 19.0. The molecule has 2 heterocycles. The highest BCUT2D eigenvalue weighted by Crippen LogP contribution is 2.28. The molecule has 162 valence electrons. The molecule has 0 bridgehead atoms. The predicted octanol–water partition coefficient (Wildman–Crippen LogP) is 6.70. The second-order valence-electron chi connectivity index (χ2n) is 8.35. The molecule has 5 rings (SSSR count). The van der Waals surface area contributed by atoms with Gasteiger partial charge in [0.05, 0.1) is 16.6 Å². The molecule has 2 aromatic heterocycles. The number of hydrogen-bond donors (Lipinski definition) is 1. The van der Waals surface area contributed by atoms with E-state index in [2.05, 4.69) is 60.7 Å². The van der Waals surface area contributed by atoms with Crippen molar-refractivity contribution in [2.75, 3.05) is 0 Å². The Kier molecular flexibility index (Phi) is 5.27. The number of ketones is 1. The number of H-pyrrole nitrogens is 1. The number of nitrogens with zero attached hydrogens (tertiary/aromatic N) is 2. The zero-order valence-electron chi connectivity index (χ0n) is 19.0. The topological polar surface area (TPSA) is 50.7 Å². The van der Waals surface area contributed by atoms with Gasteiger partial charge in [-0.1, -0.05) is 60.2 Å². The fraction of sp³-hybridized carbons (Fsp3) is 0.103. The van der Waals surface area contributed by atoms with Gasteiger partial charge in [0.25, 0.3) is 0 Å². The largest absolute Gasteiger partial charge is 0.338 e. The van der Waals surface area contributed by atoms with Gasteiger partial charge in [-0.25, -0.2) is 4.98 Å². The summed E-state index contributed by atoms with van der Waals surface area (Å²) in [5.41, 5.74) is 8.43. The molecule has 0 aliphatic heterocycles. The van der Waals surface area contributed by atoms with Crippen molar-refractivity contribution in [1.82, 2.24) is 14.5 Å². The Labute approximate surface area is 193 Å². The first-order valence-electron chi connectivity index (χ1n) is 11.0. The predicted molar refractivity (Wildman–Crippen MR) is 135 cm³/mol. The number of hydrogen-bond acceptors (Lipinski definition) is 2. The van der Waals surface area contributed by atoms with Crippen LogP contribution in [-0.2, 0) is 0 Å². The number of Topliss-reactive ketones (excluding diaryl/α,β-unsaturated/α-hetero) is 1. The van der Waals surface area contributed by atoms with Crippen LogP contribution in [0.15, 0.2) is 84.9 Å². The standard InChI is InChI=1S/C29H25N3O/c1-19-13-15-24(16-14-19)32-20(2)17-23(21(32)3)18-25(28(33)22-9-5-4-6-10-22)29-30-26-11-7-8-12-27(26)31-29/h4-18H,1-3H3,(H,30,31)/b25-18-. The summed E-state index contributed by atoms with van der Waals surface area (Å²) in [4.78, 5) is 21.7. The van der Waals surface area contributed by atoms with E-state index in [4.69, 9.17) is 4.98 Å². The van der Waals surface area contributed by atoms with E-state index in [0.717, 1.165) is 33.7 Å². The molecule has 0 atom stereocenters. The molecule has 0 fully saturated rings. The number of aromatic amines is 1. The summed E-state index contributed by atoms with van der Waals surface area (Å²) in [7, 11) is 0. The summed E-state index contributed by atoms with van der Waals surface area (Å²) >= 11 is 0. The van der Waals surface area contributed by atoms with E-state index in [1.807, 2.05) is 60.7 Å². The lowest BCUT2D eigenvalue weighted by atomic mass is 10.0. The number of carbonyl (C=O) groups is 1. The molecule has 0 saturated carbocycles. The summed E-state index contributed by atoms with van der Waals surface area (Å²) in [6.45, 7) is 6.26. The lowest BCUT2D eigenvalue weighted by Gasteiger charge is -2.10. The molecule has 3 aromatic carbocycles. The monoisotopic (exact) mass is 431 g/mol. The van der Waals surface area contributed by atoms with Gasteiger partial charge in [-0.05, 0) is 62.7 Å². The molecule has 0 aliphatic carbocycles. The number of allylic oxidation sites excluding steroid dienone is 1. The molecule has 0 aliphatic rings. The third-order valence-electron chi connectivity index (χ3n) is 5.99. The van der Waals surface area contributed by atoms with Crippen molar-refractivity contribution >= 4 is 28.5 Å². The van der Waals surface area contributed by atoms with Crippen molar-refractivity contribution in [3.05, 3.63) is 119 Å². The normalized spacial score (nSPS) is 11.8. The Morgan fingerprint density at radius 3 is 2.30 bits per heavy atom. The minimum absolute atomic E-state index is 0.0604. The van der Waals surface area contributed by atoms with Crippen molar-refractivity contribution < 1.29 is 4.79 Å². The summed E-state index contributed by atoms with van der Waals surface area (Å²) in [5, 5.41) is 0. The van der Waals surface area contributed by atoms with Crippen LogP contribution >= 0.6 is 0 Å². The van der Waals surface area contributed by atoms with E-state index in [-0.39, 0.29) is 5.78 Å². The van der Waals surface area contributed by atoms with Gasteiger partial charge in [0.2, 0.25) is 0 Å². The van der Waals surface area contributed by atoms with Crippen molar-refractivity contribution in [1.29, 1.82) is 0 Å². The SMILES string of the molecule is Cc1ccc(-n2c(C)cc(/C=C(/C(=O)c3ccccc3)c3nc4ccccc4[nH]3)c2C)cc1. The first-order valence-corrected chi connectivity index (χ1v) is 11.0. The number of para-hydroxylation sites is 2. The van der Waals surface area contributed by atoms with Crippen LogP contribution in [0.2, 0.25) is 0 Å². The highest BCUT2D eigenvalue weighted by atomic mass is 16.1. The lowest BCUT2D eigenvalue weighted by molar-refractivity contribution is 0.105. The highest BCUT2D eigenvalue weighted by molar-refractivity contribution is 6.32. The highest BCUT2D eigenvalue weighted by Gasteiger charge is 2.20. The average molecular weight is 432 g/mol. The van der Waals surface area contributed by atoms with Crippen LogP contribution in [0, 0.1) is 20.8 Å². The van der Waals surface area contributed by atoms with Crippen LogP contribution in [0.4, 0.5) is 0 Å². The first-order chi connectivity index (χ1) is 16.0. The minimum atomic E-state index is -0.0604.